The Balaban J connectivity index is 1.81. The minimum absolute atomic E-state index is 0.0124. The van der Waals surface area contributed by atoms with Crippen LogP contribution in [0.4, 0.5) is 32.0 Å². The number of methoxy groups -OCH3 is 1. The molecule has 13 heteroatoms. The smallest absolute Gasteiger partial charge is 0.416 e. The number of para-hydroxylation sites is 1. The first-order valence-corrected chi connectivity index (χ1v) is 10.8. The molecule has 1 heterocycles. The van der Waals surface area contributed by atoms with Crippen LogP contribution < -0.4 is 10.1 Å². The van der Waals surface area contributed by atoms with E-state index in [1.807, 2.05) is 0 Å². The van der Waals surface area contributed by atoms with E-state index in [1.165, 1.54) is 7.11 Å². The maximum Gasteiger partial charge on any atom is 0.416 e. The highest BCUT2D eigenvalue weighted by Gasteiger charge is 2.37. The predicted molar refractivity (Wildman–Crippen MR) is 118 cm³/mol. The van der Waals surface area contributed by atoms with Gasteiger partial charge in [-0.1, -0.05) is 30.0 Å². The molecule has 6 nitrogen and oxygen atoms in total. The third-order valence-electron chi connectivity index (χ3n) is 4.58. The number of anilines is 1. The summed E-state index contributed by atoms with van der Waals surface area (Å²) in [4.78, 5) is 12.4. The van der Waals surface area contributed by atoms with Gasteiger partial charge in [0.25, 0.3) is 0 Å². The second-order valence-corrected chi connectivity index (χ2v) is 7.98. The van der Waals surface area contributed by atoms with Crippen LogP contribution in [-0.4, -0.2) is 33.5 Å². The van der Waals surface area contributed by atoms with Crippen molar-refractivity contribution in [1.29, 1.82) is 0 Å². The van der Waals surface area contributed by atoms with Crippen molar-refractivity contribution in [2.24, 2.45) is 0 Å². The standard InChI is InChI=1S/C22H18F6N4O2S/c1-3-8-32-19(16-6-4-5-7-17(16)34-2)30-31-20(32)35-12-18(33)29-15-10-13(21(23,24)25)9-14(11-15)22(26,27)28/h3-7,9-11H,1,8,12H2,2H3,(H,29,33). The van der Waals surface area contributed by atoms with Gasteiger partial charge in [0, 0.05) is 12.2 Å². The molecule has 3 aromatic rings. The Labute approximate surface area is 200 Å². The van der Waals surface area contributed by atoms with Gasteiger partial charge in [-0.3, -0.25) is 9.36 Å². The lowest BCUT2D eigenvalue weighted by molar-refractivity contribution is -0.143. The Morgan fingerprint density at radius 2 is 1.71 bits per heavy atom. The number of nitrogens with zero attached hydrogens (tertiary/aromatic N) is 3. The highest BCUT2D eigenvalue weighted by atomic mass is 32.2. The van der Waals surface area contributed by atoms with Gasteiger partial charge >= 0.3 is 12.4 Å². The molecule has 0 bridgehead atoms. The van der Waals surface area contributed by atoms with Gasteiger partial charge in [0.05, 0.1) is 29.6 Å². The Morgan fingerprint density at radius 1 is 1.09 bits per heavy atom. The second-order valence-electron chi connectivity index (χ2n) is 7.04. The Morgan fingerprint density at radius 3 is 2.29 bits per heavy atom. The Bertz CT molecular complexity index is 1190. The van der Waals surface area contributed by atoms with Crippen molar-refractivity contribution < 1.29 is 35.9 Å². The molecule has 0 aliphatic heterocycles. The summed E-state index contributed by atoms with van der Waals surface area (Å²) < 4.78 is 85.2. The van der Waals surface area contributed by atoms with Gasteiger partial charge in [0.2, 0.25) is 5.91 Å². The van der Waals surface area contributed by atoms with Gasteiger partial charge in [-0.05, 0) is 30.3 Å². The van der Waals surface area contributed by atoms with Gasteiger partial charge in [-0.2, -0.15) is 26.3 Å². The number of nitrogens with one attached hydrogen (secondary N) is 1. The molecule has 0 atom stereocenters. The monoisotopic (exact) mass is 516 g/mol. The normalized spacial score (nSPS) is 11.9. The molecule has 0 saturated carbocycles. The molecule has 35 heavy (non-hydrogen) atoms. The minimum Gasteiger partial charge on any atom is -0.496 e. The predicted octanol–water partition coefficient (Wildman–Crippen LogP) is 5.91. The van der Waals surface area contributed by atoms with Gasteiger partial charge in [0.1, 0.15) is 5.75 Å². The zero-order valence-corrected chi connectivity index (χ0v) is 18.9. The molecular weight excluding hydrogens is 498 g/mol. The van der Waals surface area contributed by atoms with Crippen LogP contribution in [0.1, 0.15) is 11.1 Å². The number of hydrogen-bond acceptors (Lipinski definition) is 5. The lowest BCUT2D eigenvalue weighted by Gasteiger charge is -2.15. The molecule has 0 aliphatic carbocycles. The number of halogens is 6. The van der Waals surface area contributed by atoms with Crippen LogP contribution in [0.2, 0.25) is 0 Å². The topological polar surface area (TPSA) is 69.0 Å². The third-order valence-corrected chi connectivity index (χ3v) is 5.55. The molecule has 1 aromatic heterocycles. The van der Waals surface area contributed by atoms with Gasteiger partial charge in [0.15, 0.2) is 11.0 Å². The lowest BCUT2D eigenvalue weighted by atomic mass is 10.1. The quantitative estimate of drug-likeness (QED) is 0.229. The molecule has 1 amide bonds. The average Bonchev–Trinajstić information content (AvgIpc) is 3.19. The molecule has 186 valence electrons. The van der Waals surface area contributed by atoms with E-state index in [0.717, 1.165) is 11.8 Å². The number of ether oxygens (including phenoxy) is 1. The first kappa shape index (κ1) is 26.1. The average molecular weight is 516 g/mol. The van der Waals surface area contributed by atoms with Crippen molar-refractivity contribution in [3.63, 3.8) is 0 Å². The zero-order valence-electron chi connectivity index (χ0n) is 18.1. The number of alkyl halides is 6. The fraction of sp³-hybridized carbons (Fsp3) is 0.227. The van der Waals surface area contributed by atoms with E-state index in [1.54, 1.807) is 34.9 Å². The summed E-state index contributed by atoms with van der Waals surface area (Å²) >= 11 is 0.907. The van der Waals surface area contributed by atoms with Crippen molar-refractivity contribution in [1.82, 2.24) is 14.8 Å². The maximum atomic E-state index is 13.0. The first-order valence-electron chi connectivity index (χ1n) is 9.83. The SMILES string of the molecule is C=CCn1c(SCC(=O)Nc2cc(C(F)(F)F)cc(C(F)(F)F)c2)nnc1-c1ccccc1OC. The molecule has 0 fully saturated rings. The molecule has 3 rings (SSSR count). The minimum atomic E-state index is -5.02. The molecule has 0 saturated heterocycles. The molecule has 0 spiro atoms. The summed E-state index contributed by atoms with van der Waals surface area (Å²) in [5.41, 5.74) is -3.05. The number of carbonyl (C=O) groups is 1. The van der Waals surface area contributed by atoms with Gasteiger partial charge in [-0.15, -0.1) is 16.8 Å². The summed E-state index contributed by atoms with van der Waals surface area (Å²) in [6.45, 7) is 3.95. The van der Waals surface area contributed by atoms with E-state index in [2.05, 4.69) is 22.1 Å². The number of hydrogen-bond donors (Lipinski definition) is 1. The Kier molecular flexibility index (Phi) is 7.78. The summed E-state index contributed by atoms with van der Waals surface area (Å²) in [5.74, 6) is -0.212. The number of allylic oxidation sites excluding steroid dienone is 1. The van der Waals surface area contributed by atoms with Crippen molar-refractivity contribution in [3.8, 4) is 17.1 Å². The summed E-state index contributed by atoms with van der Waals surface area (Å²) in [5, 5.41) is 10.6. The van der Waals surface area contributed by atoms with Gasteiger partial charge < -0.3 is 10.1 Å². The van der Waals surface area contributed by atoms with Gasteiger partial charge in [-0.25, -0.2) is 0 Å². The van der Waals surface area contributed by atoms with E-state index in [0.29, 0.717) is 34.4 Å². The summed E-state index contributed by atoms with van der Waals surface area (Å²) in [6.07, 6.45) is -8.47. The van der Waals surface area contributed by atoms with Crippen LogP contribution in [0.3, 0.4) is 0 Å². The summed E-state index contributed by atoms with van der Waals surface area (Å²) in [7, 11) is 1.49. The van der Waals surface area contributed by atoms with Crippen molar-refractivity contribution >= 4 is 23.4 Å². The van der Waals surface area contributed by atoms with E-state index in [4.69, 9.17) is 4.74 Å². The zero-order chi connectivity index (χ0) is 25.8. The van der Waals surface area contributed by atoms with E-state index in [9.17, 15) is 31.1 Å². The number of rotatable bonds is 8. The van der Waals surface area contributed by atoms with E-state index in [-0.39, 0.29) is 18.4 Å². The van der Waals surface area contributed by atoms with E-state index < -0.39 is 35.1 Å². The molecule has 2 aromatic carbocycles. The highest BCUT2D eigenvalue weighted by Crippen LogP contribution is 2.37. The second kappa shape index (κ2) is 10.4. The van der Waals surface area contributed by atoms with Crippen LogP contribution in [0.5, 0.6) is 5.75 Å². The number of carbonyl (C=O) groups excluding carboxylic acids is 1. The number of amides is 1. The maximum absolute atomic E-state index is 13.0. The Hall–Kier alpha value is -3.48. The highest BCUT2D eigenvalue weighted by molar-refractivity contribution is 7.99. The van der Waals surface area contributed by atoms with Crippen LogP contribution in [-0.2, 0) is 23.7 Å². The van der Waals surface area contributed by atoms with Crippen molar-refractivity contribution in [2.75, 3.05) is 18.2 Å². The summed E-state index contributed by atoms with van der Waals surface area (Å²) in [6, 6.07) is 7.91. The number of benzene rings is 2. The van der Waals surface area contributed by atoms with Crippen LogP contribution >= 0.6 is 11.8 Å². The van der Waals surface area contributed by atoms with Crippen molar-refractivity contribution in [2.45, 2.75) is 24.1 Å². The first-order chi connectivity index (χ1) is 16.4. The largest absolute Gasteiger partial charge is 0.496 e. The number of aromatic nitrogens is 3. The van der Waals surface area contributed by atoms with Crippen LogP contribution in [0.15, 0.2) is 60.3 Å². The molecular formula is C22H18F6N4O2S. The molecule has 0 radical (unpaired) electrons. The fourth-order valence-electron chi connectivity index (χ4n) is 3.07. The van der Waals surface area contributed by atoms with Crippen LogP contribution in [0, 0.1) is 0 Å². The van der Waals surface area contributed by atoms with Crippen LogP contribution in [0.25, 0.3) is 11.4 Å². The fourth-order valence-corrected chi connectivity index (χ4v) is 3.82. The van der Waals surface area contributed by atoms with Crippen molar-refractivity contribution in [3.05, 3.63) is 66.2 Å². The lowest BCUT2D eigenvalue weighted by Crippen LogP contribution is -2.17. The number of thioether (sulfide) groups is 1. The molecule has 0 aliphatic rings. The third kappa shape index (κ3) is 6.35. The molecule has 1 N–H and O–H groups in total. The molecule has 0 unspecified atom stereocenters. The van der Waals surface area contributed by atoms with E-state index >= 15 is 0 Å².